The lowest BCUT2D eigenvalue weighted by atomic mass is 9.68. The average Bonchev–Trinajstić information content (AvgIpc) is 3.05. The molecule has 0 unspecified atom stereocenters. The fraction of sp³-hybridized carbons (Fsp3) is 0.481. The van der Waals surface area contributed by atoms with E-state index >= 15 is 0 Å². The van der Waals surface area contributed by atoms with Gasteiger partial charge in [0.25, 0.3) is 0 Å². The number of hydrogen-bond donors (Lipinski definition) is 0. The maximum Gasteiger partial charge on any atom is 0.168 e. The minimum absolute atomic E-state index is 0.0287. The highest BCUT2D eigenvalue weighted by molar-refractivity contribution is 5.61. The van der Waals surface area contributed by atoms with Crippen molar-refractivity contribution >= 4 is 0 Å². The highest BCUT2D eigenvalue weighted by Crippen LogP contribution is 2.42. The summed E-state index contributed by atoms with van der Waals surface area (Å²) in [5.41, 5.74) is 6.02. The summed E-state index contributed by atoms with van der Waals surface area (Å²) < 4.78 is 2.28. The zero-order chi connectivity index (χ0) is 22.5. The topological polar surface area (TPSA) is 30.7 Å². The van der Waals surface area contributed by atoms with E-state index in [1.165, 1.54) is 16.7 Å². The molecule has 3 nitrogen and oxygen atoms in total. The van der Waals surface area contributed by atoms with E-state index in [9.17, 15) is 0 Å². The Kier molecular flexibility index (Phi) is 5.47. The van der Waals surface area contributed by atoms with E-state index in [1.807, 2.05) is 0 Å². The zero-order valence-corrected chi connectivity index (χ0v) is 20.4. The van der Waals surface area contributed by atoms with Gasteiger partial charge in [0.2, 0.25) is 0 Å². The summed E-state index contributed by atoms with van der Waals surface area (Å²) in [5, 5.41) is 9.47. The number of benzene rings is 2. The number of nitrogens with zero attached hydrogens (tertiary/aromatic N) is 3. The van der Waals surface area contributed by atoms with Crippen molar-refractivity contribution in [3.8, 4) is 17.1 Å². The number of aryl methyl sites for hydroxylation is 2. The van der Waals surface area contributed by atoms with E-state index < -0.39 is 0 Å². The van der Waals surface area contributed by atoms with Crippen LogP contribution in [0.2, 0.25) is 0 Å². The van der Waals surface area contributed by atoms with E-state index in [0.29, 0.717) is 0 Å². The summed E-state index contributed by atoms with van der Waals surface area (Å²) in [4.78, 5) is 0. The summed E-state index contributed by atoms with van der Waals surface area (Å²) in [7, 11) is 0. The molecule has 0 aliphatic carbocycles. The molecule has 0 amide bonds. The molecule has 0 spiro atoms. The minimum Gasteiger partial charge on any atom is -0.278 e. The van der Waals surface area contributed by atoms with Crippen LogP contribution in [0.5, 0.6) is 0 Å². The molecule has 0 aliphatic rings. The first-order valence-electron chi connectivity index (χ1n) is 10.9. The smallest absolute Gasteiger partial charge is 0.168 e. The zero-order valence-electron chi connectivity index (χ0n) is 20.4. The lowest BCUT2D eigenvalue weighted by Gasteiger charge is -2.38. The van der Waals surface area contributed by atoms with Crippen LogP contribution in [0.25, 0.3) is 17.1 Å². The minimum atomic E-state index is -0.169. The number of hydrogen-bond acceptors (Lipinski definition) is 2. The lowest BCUT2D eigenvalue weighted by molar-refractivity contribution is 0.211. The van der Waals surface area contributed by atoms with Gasteiger partial charge in [0.15, 0.2) is 5.82 Å². The Labute approximate surface area is 182 Å². The largest absolute Gasteiger partial charge is 0.278 e. The van der Waals surface area contributed by atoms with Gasteiger partial charge in [-0.1, -0.05) is 91.3 Å². The van der Waals surface area contributed by atoms with Gasteiger partial charge in [-0.05, 0) is 47.9 Å². The molecule has 0 bridgehead atoms. The second kappa shape index (κ2) is 7.37. The summed E-state index contributed by atoms with van der Waals surface area (Å²) >= 11 is 0. The van der Waals surface area contributed by atoms with Crippen molar-refractivity contribution in [1.29, 1.82) is 0 Å². The van der Waals surface area contributed by atoms with Crippen LogP contribution in [-0.2, 0) is 10.8 Å². The van der Waals surface area contributed by atoms with Gasteiger partial charge in [-0.2, -0.15) is 0 Å². The molecule has 0 radical (unpaired) electrons. The first kappa shape index (κ1) is 22.3. The summed E-state index contributed by atoms with van der Waals surface area (Å²) in [6, 6.07) is 15.3. The predicted molar refractivity (Wildman–Crippen MR) is 127 cm³/mol. The average molecular weight is 404 g/mol. The maximum absolute atomic E-state index is 4.76. The van der Waals surface area contributed by atoms with Crippen LogP contribution < -0.4 is 0 Å². The fourth-order valence-electron chi connectivity index (χ4n) is 3.60. The van der Waals surface area contributed by atoms with Crippen LogP contribution in [0.15, 0.2) is 42.5 Å². The van der Waals surface area contributed by atoms with Gasteiger partial charge in [-0.25, -0.2) is 0 Å². The Hall–Kier alpha value is -2.42. The van der Waals surface area contributed by atoms with Crippen LogP contribution in [0.3, 0.4) is 0 Å². The molecule has 3 aromatic rings. The Morgan fingerprint density at radius 1 is 0.767 bits per heavy atom. The van der Waals surface area contributed by atoms with Gasteiger partial charge in [-0.15, -0.1) is 10.2 Å². The standard InChI is InChI=1S/C27H37N3/c1-18-12-11-13-20(16-18)23-28-29-24(27(9,10)26(6,7)8)30(23)22-15-14-21(17-19(22)2)25(3,4)5/h11-17H,1-10H3. The second-order valence-corrected chi connectivity index (χ2v) is 11.2. The van der Waals surface area contributed by atoms with Crippen molar-refractivity contribution < 1.29 is 0 Å². The van der Waals surface area contributed by atoms with E-state index in [2.05, 4.69) is 116 Å². The third-order valence-electron chi connectivity index (χ3n) is 6.68. The molecule has 2 aromatic carbocycles. The van der Waals surface area contributed by atoms with Gasteiger partial charge >= 0.3 is 0 Å². The van der Waals surface area contributed by atoms with Crippen LogP contribution in [0.1, 0.15) is 77.9 Å². The van der Waals surface area contributed by atoms with E-state index in [1.54, 1.807) is 0 Å². The van der Waals surface area contributed by atoms with Crippen molar-refractivity contribution in [3.05, 3.63) is 65.0 Å². The van der Waals surface area contributed by atoms with Crippen molar-refractivity contribution in [1.82, 2.24) is 14.8 Å². The third kappa shape index (κ3) is 3.95. The van der Waals surface area contributed by atoms with Gasteiger partial charge in [0.1, 0.15) is 5.82 Å². The van der Waals surface area contributed by atoms with Gasteiger partial charge in [0, 0.05) is 11.0 Å². The van der Waals surface area contributed by atoms with E-state index in [4.69, 9.17) is 10.2 Å². The SMILES string of the molecule is Cc1cccc(-c2nnc(C(C)(C)C(C)(C)C)n2-c2ccc(C(C)(C)C)cc2C)c1. The van der Waals surface area contributed by atoms with Crippen LogP contribution >= 0.6 is 0 Å². The predicted octanol–water partition coefficient (Wildman–Crippen LogP) is 7.17. The van der Waals surface area contributed by atoms with Gasteiger partial charge < -0.3 is 0 Å². The van der Waals surface area contributed by atoms with E-state index in [-0.39, 0.29) is 16.2 Å². The molecule has 30 heavy (non-hydrogen) atoms. The Morgan fingerprint density at radius 3 is 1.97 bits per heavy atom. The molecule has 3 rings (SSSR count). The first-order chi connectivity index (χ1) is 13.7. The summed E-state index contributed by atoms with van der Waals surface area (Å²) in [6.07, 6.45) is 0. The molecule has 0 N–H and O–H groups in total. The molecule has 160 valence electrons. The molecule has 0 atom stereocenters. The highest BCUT2D eigenvalue weighted by Gasteiger charge is 2.40. The van der Waals surface area contributed by atoms with Gasteiger partial charge in [-0.3, -0.25) is 4.57 Å². The number of rotatable bonds is 3. The normalized spacial score (nSPS) is 13.0. The maximum atomic E-state index is 4.76. The Bertz CT molecular complexity index is 1060. The molecular formula is C27H37N3. The quantitative estimate of drug-likeness (QED) is 0.464. The van der Waals surface area contributed by atoms with Gasteiger partial charge in [0.05, 0.1) is 5.69 Å². The second-order valence-electron chi connectivity index (χ2n) is 11.2. The Morgan fingerprint density at radius 2 is 1.43 bits per heavy atom. The molecule has 0 saturated heterocycles. The molecular weight excluding hydrogens is 366 g/mol. The Balaban J connectivity index is 2.32. The van der Waals surface area contributed by atoms with Crippen molar-refractivity contribution in [2.75, 3.05) is 0 Å². The third-order valence-corrected chi connectivity index (χ3v) is 6.68. The monoisotopic (exact) mass is 403 g/mol. The molecule has 0 aliphatic heterocycles. The van der Waals surface area contributed by atoms with Crippen LogP contribution in [-0.4, -0.2) is 14.8 Å². The molecule has 1 heterocycles. The van der Waals surface area contributed by atoms with Crippen molar-refractivity contribution in [2.45, 2.75) is 80.1 Å². The molecule has 0 saturated carbocycles. The van der Waals surface area contributed by atoms with Crippen molar-refractivity contribution in [3.63, 3.8) is 0 Å². The molecule has 1 aromatic heterocycles. The lowest BCUT2D eigenvalue weighted by Crippen LogP contribution is -2.36. The first-order valence-corrected chi connectivity index (χ1v) is 10.9. The van der Waals surface area contributed by atoms with Crippen LogP contribution in [0.4, 0.5) is 0 Å². The molecule has 0 fully saturated rings. The molecule has 3 heteroatoms. The van der Waals surface area contributed by atoms with E-state index in [0.717, 1.165) is 22.9 Å². The fourth-order valence-corrected chi connectivity index (χ4v) is 3.60. The van der Waals surface area contributed by atoms with Crippen LogP contribution in [0, 0.1) is 19.3 Å². The van der Waals surface area contributed by atoms with Crippen molar-refractivity contribution in [2.24, 2.45) is 5.41 Å². The summed E-state index contributed by atoms with van der Waals surface area (Å²) in [5.74, 6) is 1.90. The summed E-state index contributed by atoms with van der Waals surface area (Å²) in [6.45, 7) is 22.4. The highest BCUT2D eigenvalue weighted by atomic mass is 15.3. The number of aromatic nitrogens is 3.